The van der Waals surface area contributed by atoms with Crippen molar-refractivity contribution in [2.75, 3.05) is 52.5 Å². The Balaban J connectivity index is 1.32. The molecule has 37 heavy (non-hydrogen) atoms. The van der Waals surface area contributed by atoms with E-state index in [4.69, 9.17) is 4.74 Å². The number of hydrogen-bond donors (Lipinski definition) is 0. The maximum absolute atomic E-state index is 13.5. The standard InChI is InChI=1S/C29H33N3O4S/c1-23-12-13-26(22-27(23)37(34,35)32-18-20-36-21-19-32)29(33)31-16-14-30(15-17-31)28(24-8-4-2-5-9-24)25-10-6-3-7-11-25/h2-13,22,28H,14-21H2,1H3. The van der Waals surface area contributed by atoms with Crippen LogP contribution < -0.4 is 0 Å². The minimum atomic E-state index is -3.69. The van der Waals surface area contributed by atoms with Gasteiger partial charge in [0.05, 0.1) is 24.2 Å². The Kier molecular flexibility index (Phi) is 7.71. The van der Waals surface area contributed by atoms with Crippen molar-refractivity contribution < 1.29 is 17.9 Å². The highest BCUT2D eigenvalue weighted by Gasteiger charge is 2.31. The average Bonchev–Trinajstić information content (AvgIpc) is 2.95. The molecule has 3 aromatic carbocycles. The molecule has 0 spiro atoms. The smallest absolute Gasteiger partial charge is 0.253 e. The van der Waals surface area contributed by atoms with Crippen molar-refractivity contribution in [2.24, 2.45) is 0 Å². The van der Waals surface area contributed by atoms with Crippen LogP contribution >= 0.6 is 0 Å². The Morgan fingerprint density at radius 3 is 1.92 bits per heavy atom. The molecule has 2 fully saturated rings. The molecule has 2 heterocycles. The zero-order valence-electron chi connectivity index (χ0n) is 21.1. The molecule has 2 aliphatic heterocycles. The molecule has 0 saturated carbocycles. The van der Waals surface area contributed by atoms with Gasteiger partial charge in [-0.25, -0.2) is 8.42 Å². The Labute approximate surface area is 219 Å². The molecule has 8 heteroatoms. The van der Waals surface area contributed by atoms with Gasteiger partial charge in [0.25, 0.3) is 5.91 Å². The van der Waals surface area contributed by atoms with Gasteiger partial charge in [-0.2, -0.15) is 4.31 Å². The lowest BCUT2D eigenvalue weighted by atomic mass is 9.96. The third-order valence-electron chi connectivity index (χ3n) is 7.22. The number of ether oxygens (including phenoxy) is 1. The van der Waals surface area contributed by atoms with Crippen LogP contribution in [0.15, 0.2) is 83.8 Å². The van der Waals surface area contributed by atoms with Crippen LogP contribution in [0.5, 0.6) is 0 Å². The van der Waals surface area contributed by atoms with Gasteiger partial charge in [-0.3, -0.25) is 9.69 Å². The van der Waals surface area contributed by atoms with E-state index in [1.165, 1.54) is 15.4 Å². The number of carbonyl (C=O) groups excluding carboxylic acids is 1. The molecular weight excluding hydrogens is 486 g/mol. The van der Waals surface area contributed by atoms with Crippen LogP contribution in [0.3, 0.4) is 0 Å². The topological polar surface area (TPSA) is 70.2 Å². The van der Waals surface area contributed by atoms with Gasteiger partial charge in [0.15, 0.2) is 0 Å². The van der Waals surface area contributed by atoms with Crippen LogP contribution in [0.1, 0.15) is 33.1 Å². The minimum absolute atomic E-state index is 0.115. The second-order valence-corrected chi connectivity index (χ2v) is 11.5. The van der Waals surface area contributed by atoms with Crippen molar-refractivity contribution in [3.05, 3.63) is 101 Å². The maximum atomic E-state index is 13.5. The summed E-state index contributed by atoms with van der Waals surface area (Å²) in [6.45, 7) is 5.80. The molecule has 2 aliphatic rings. The zero-order valence-corrected chi connectivity index (χ0v) is 21.9. The number of sulfonamides is 1. The summed E-state index contributed by atoms with van der Waals surface area (Å²) in [5.74, 6) is -0.131. The van der Waals surface area contributed by atoms with Crippen molar-refractivity contribution >= 4 is 15.9 Å². The predicted octanol–water partition coefficient (Wildman–Crippen LogP) is 3.56. The first-order valence-corrected chi connectivity index (χ1v) is 14.2. The maximum Gasteiger partial charge on any atom is 0.253 e. The molecule has 0 N–H and O–H groups in total. The third-order valence-corrected chi connectivity index (χ3v) is 9.26. The summed E-state index contributed by atoms with van der Waals surface area (Å²) in [6.07, 6.45) is 0. The Morgan fingerprint density at radius 1 is 0.784 bits per heavy atom. The lowest BCUT2D eigenvalue weighted by Crippen LogP contribution is -2.49. The predicted molar refractivity (Wildman–Crippen MR) is 143 cm³/mol. The van der Waals surface area contributed by atoms with E-state index in [1.807, 2.05) is 17.0 Å². The third kappa shape index (κ3) is 5.48. The molecule has 0 aliphatic carbocycles. The largest absolute Gasteiger partial charge is 0.379 e. The summed E-state index contributed by atoms with van der Waals surface area (Å²) in [5.41, 5.74) is 3.50. The van der Waals surface area contributed by atoms with Crippen LogP contribution in [-0.2, 0) is 14.8 Å². The Bertz CT molecular complexity index is 1280. The first kappa shape index (κ1) is 25.6. The molecule has 0 radical (unpaired) electrons. The van der Waals surface area contributed by atoms with E-state index in [9.17, 15) is 13.2 Å². The van der Waals surface area contributed by atoms with Crippen LogP contribution in [0.25, 0.3) is 0 Å². The van der Waals surface area contributed by atoms with E-state index in [1.54, 1.807) is 25.1 Å². The van der Waals surface area contributed by atoms with Gasteiger partial charge in [0.2, 0.25) is 10.0 Å². The lowest BCUT2D eigenvalue weighted by Gasteiger charge is -2.40. The number of nitrogens with zero attached hydrogens (tertiary/aromatic N) is 3. The SMILES string of the molecule is Cc1ccc(C(=O)N2CCN(C(c3ccccc3)c3ccccc3)CC2)cc1S(=O)(=O)N1CCOCC1. The fourth-order valence-corrected chi connectivity index (χ4v) is 6.85. The van der Waals surface area contributed by atoms with Crippen molar-refractivity contribution in [3.8, 4) is 0 Å². The Hall–Kier alpha value is -3.04. The summed E-state index contributed by atoms with van der Waals surface area (Å²) >= 11 is 0. The van der Waals surface area contributed by atoms with Crippen LogP contribution in [0.2, 0.25) is 0 Å². The molecule has 3 aromatic rings. The summed E-state index contributed by atoms with van der Waals surface area (Å²) in [4.78, 5) is 17.9. The highest BCUT2D eigenvalue weighted by atomic mass is 32.2. The number of rotatable bonds is 6. The highest BCUT2D eigenvalue weighted by molar-refractivity contribution is 7.89. The van der Waals surface area contributed by atoms with E-state index < -0.39 is 10.0 Å². The molecule has 7 nitrogen and oxygen atoms in total. The fraction of sp³-hybridized carbons (Fsp3) is 0.345. The highest BCUT2D eigenvalue weighted by Crippen LogP contribution is 2.30. The number of hydrogen-bond acceptors (Lipinski definition) is 5. The van der Waals surface area contributed by atoms with Crippen LogP contribution in [0, 0.1) is 6.92 Å². The number of carbonyl (C=O) groups is 1. The lowest BCUT2D eigenvalue weighted by molar-refractivity contribution is 0.0597. The number of piperazine rings is 1. The van der Waals surface area contributed by atoms with Crippen molar-refractivity contribution in [3.63, 3.8) is 0 Å². The molecule has 194 valence electrons. The summed E-state index contributed by atoms with van der Waals surface area (Å²) in [5, 5.41) is 0. The van der Waals surface area contributed by atoms with Gasteiger partial charge >= 0.3 is 0 Å². The monoisotopic (exact) mass is 519 g/mol. The van der Waals surface area contributed by atoms with Gasteiger partial charge in [-0.15, -0.1) is 0 Å². The fourth-order valence-electron chi connectivity index (χ4n) is 5.19. The summed E-state index contributed by atoms with van der Waals surface area (Å²) in [6, 6.07) is 26.0. The van der Waals surface area contributed by atoms with Gasteiger partial charge in [-0.05, 0) is 35.7 Å². The normalized spacial score (nSPS) is 17.7. The van der Waals surface area contributed by atoms with E-state index in [0.717, 1.165) is 13.1 Å². The number of amides is 1. The molecule has 2 saturated heterocycles. The minimum Gasteiger partial charge on any atom is -0.379 e. The molecule has 0 unspecified atom stereocenters. The molecule has 0 atom stereocenters. The zero-order chi connectivity index (χ0) is 25.8. The quantitative estimate of drug-likeness (QED) is 0.498. The van der Waals surface area contributed by atoms with E-state index in [-0.39, 0.29) is 16.8 Å². The van der Waals surface area contributed by atoms with Gasteiger partial charge < -0.3 is 9.64 Å². The van der Waals surface area contributed by atoms with Crippen molar-refractivity contribution in [1.82, 2.24) is 14.1 Å². The van der Waals surface area contributed by atoms with E-state index in [0.29, 0.717) is 50.5 Å². The van der Waals surface area contributed by atoms with Crippen molar-refractivity contribution in [1.29, 1.82) is 0 Å². The average molecular weight is 520 g/mol. The van der Waals surface area contributed by atoms with E-state index >= 15 is 0 Å². The molecule has 0 aromatic heterocycles. The summed E-state index contributed by atoms with van der Waals surface area (Å²) < 4.78 is 33.3. The van der Waals surface area contributed by atoms with Crippen LogP contribution in [-0.4, -0.2) is 80.9 Å². The first-order valence-electron chi connectivity index (χ1n) is 12.8. The molecule has 5 rings (SSSR count). The molecular formula is C29H33N3O4S. The Morgan fingerprint density at radius 2 is 1.35 bits per heavy atom. The number of benzene rings is 3. The number of aryl methyl sites for hydroxylation is 1. The van der Waals surface area contributed by atoms with Gasteiger partial charge in [-0.1, -0.05) is 66.7 Å². The first-order chi connectivity index (χ1) is 17.9. The summed E-state index contributed by atoms with van der Waals surface area (Å²) in [7, 11) is -3.69. The van der Waals surface area contributed by atoms with Crippen molar-refractivity contribution in [2.45, 2.75) is 17.9 Å². The van der Waals surface area contributed by atoms with Gasteiger partial charge in [0, 0.05) is 44.8 Å². The second kappa shape index (κ2) is 11.1. The molecule has 1 amide bonds. The van der Waals surface area contributed by atoms with E-state index in [2.05, 4.69) is 53.4 Å². The molecule has 0 bridgehead atoms. The van der Waals surface area contributed by atoms with Gasteiger partial charge in [0.1, 0.15) is 0 Å². The number of morpholine rings is 1. The van der Waals surface area contributed by atoms with Crippen LogP contribution in [0.4, 0.5) is 0 Å². The second-order valence-electron chi connectivity index (χ2n) is 9.55.